The van der Waals surface area contributed by atoms with Crippen LogP contribution in [0.15, 0.2) is 53.7 Å². The fourth-order valence-corrected chi connectivity index (χ4v) is 2.82. The van der Waals surface area contributed by atoms with Gasteiger partial charge in [0.05, 0.1) is 17.2 Å². The third-order valence-electron chi connectivity index (χ3n) is 4.27. The number of nitrogens with zero attached hydrogens (tertiary/aromatic N) is 3. The molecule has 136 valence electrons. The van der Waals surface area contributed by atoms with E-state index in [-0.39, 0.29) is 11.6 Å². The lowest BCUT2D eigenvalue weighted by Crippen LogP contribution is -2.35. The number of nitrogens with one attached hydrogen (secondary N) is 2. The number of hydrogen-bond acceptors (Lipinski definition) is 5. The van der Waals surface area contributed by atoms with Crippen LogP contribution < -0.4 is 16.2 Å². The Morgan fingerprint density at radius 1 is 1.12 bits per heavy atom. The molecule has 1 atom stereocenters. The number of anilines is 1. The topological polar surface area (TPSA) is 71.8 Å². The van der Waals surface area contributed by atoms with E-state index in [9.17, 15) is 4.79 Å². The Bertz CT molecular complexity index is 904. The van der Waals surface area contributed by atoms with Crippen LogP contribution in [0.4, 0.5) is 5.82 Å². The van der Waals surface area contributed by atoms with Gasteiger partial charge in [0.25, 0.3) is 5.56 Å². The van der Waals surface area contributed by atoms with Crippen molar-refractivity contribution in [3.63, 3.8) is 0 Å². The molecule has 2 N–H and O–H groups in total. The van der Waals surface area contributed by atoms with Crippen molar-refractivity contribution in [1.29, 1.82) is 0 Å². The van der Waals surface area contributed by atoms with E-state index in [0.29, 0.717) is 11.9 Å². The summed E-state index contributed by atoms with van der Waals surface area (Å²) in [7, 11) is 0. The first-order chi connectivity index (χ1) is 12.6. The third kappa shape index (κ3) is 4.67. The first kappa shape index (κ1) is 18.1. The Hall–Kier alpha value is -2.73. The highest BCUT2D eigenvalue weighted by Crippen LogP contribution is 2.05. The molecule has 6 nitrogen and oxygen atoms in total. The SMILES string of the molecule is Cc1ccc(NCCCNC(C)Cn2cnc3ccccc3c2=O)nc1. The minimum atomic E-state index is 0.0105. The molecule has 1 unspecified atom stereocenters. The minimum absolute atomic E-state index is 0.0105. The van der Waals surface area contributed by atoms with Gasteiger partial charge in [-0.1, -0.05) is 18.2 Å². The molecule has 1 aromatic carbocycles. The number of rotatable bonds is 8. The van der Waals surface area contributed by atoms with Crippen LogP contribution in [-0.4, -0.2) is 33.7 Å². The van der Waals surface area contributed by atoms with Gasteiger partial charge in [-0.25, -0.2) is 9.97 Å². The monoisotopic (exact) mass is 351 g/mol. The van der Waals surface area contributed by atoms with Gasteiger partial charge >= 0.3 is 0 Å². The van der Waals surface area contributed by atoms with Gasteiger partial charge in [0.15, 0.2) is 0 Å². The summed E-state index contributed by atoms with van der Waals surface area (Å²) < 4.78 is 1.68. The molecule has 2 heterocycles. The van der Waals surface area contributed by atoms with E-state index >= 15 is 0 Å². The quantitative estimate of drug-likeness (QED) is 0.610. The van der Waals surface area contributed by atoms with Gasteiger partial charge in [-0.2, -0.15) is 0 Å². The largest absolute Gasteiger partial charge is 0.370 e. The summed E-state index contributed by atoms with van der Waals surface area (Å²) in [5, 5.41) is 7.43. The second-order valence-corrected chi connectivity index (χ2v) is 6.58. The average molecular weight is 351 g/mol. The average Bonchev–Trinajstić information content (AvgIpc) is 2.65. The first-order valence-corrected chi connectivity index (χ1v) is 8.97. The zero-order valence-corrected chi connectivity index (χ0v) is 15.3. The van der Waals surface area contributed by atoms with Crippen LogP contribution in [0.5, 0.6) is 0 Å². The number of para-hydroxylation sites is 1. The molecule has 0 amide bonds. The molecular formula is C20H25N5O. The maximum atomic E-state index is 12.5. The number of pyridine rings is 1. The van der Waals surface area contributed by atoms with Crippen LogP contribution in [0.25, 0.3) is 10.9 Å². The molecule has 0 bridgehead atoms. The molecule has 0 saturated carbocycles. The van der Waals surface area contributed by atoms with Crippen molar-refractivity contribution in [2.75, 3.05) is 18.4 Å². The van der Waals surface area contributed by atoms with Gasteiger partial charge in [-0.15, -0.1) is 0 Å². The van der Waals surface area contributed by atoms with Crippen LogP contribution in [0, 0.1) is 6.92 Å². The van der Waals surface area contributed by atoms with Crippen LogP contribution in [0.1, 0.15) is 18.9 Å². The maximum absolute atomic E-state index is 12.5. The lowest BCUT2D eigenvalue weighted by atomic mass is 10.2. The molecule has 0 aliphatic carbocycles. The van der Waals surface area contributed by atoms with E-state index in [1.54, 1.807) is 10.9 Å². The van der Waals surface area contributed by atoms with E-state index < -0.39 is 0 Å². The highest BCUT2D eigenvalue weighted by molar-refractivity contribution is 5.76. The van der Waals surface area contributed by atoms with Gasteiger partial charge in [0, 0.05) is 25.3 Å². The predicted octanol–water partition coefficient (Wildman–Crippen LogP) is 2.58. The number of hydrogen-bond donors (Lipinski definition) is 2. The molecule has 2 aromatic heterocycles. The Morgan fingerprint density at radius 3 is 2.77 bits per heavy atom. The van der Waals surface area contributed by atoms with Crippen molar-refractivity contribution in [1.82, 2.24) is 19.9 Å². The zero-order valence-electron chi connectivity index (χ0n) is 15.3. The fraction of sp³-hybridized carbons (Fsp3) is 0.350. The van der Waals surface area contributed by atoms with Gasteiger partial charge in [-0.3, -0.25) is 9.36 Å². The second-order valence-electron chi connectivity index (χ2n) is 6.58. The molecule has 26 heavy (non-hydrogen) atoms. The number of aryl methyl sites for hydroxylation is 1. The summed E-state index contributed by atoms with van der Waals surface area (Å²) >= 11 is 0. The van der Waals surface area contributed by atoms with E-state index in [0.717, 1.165) is 36.4 Å². The molecule has 0 aliphatic heterocycles. The van der Waals surface area contributed by atoms with Crippen molar-refractivity contribution >= 4 is 16.7 Å². The Balaban J connectivity index is 1.44. The molecule has 3 rings (SSSR count). The van der Waals surface area contributed by atoms with Crippen molar-refractivity contribution in [2.24, 2.45) is 0 Å². The second kappa shape index (κ2) is 8.58. The Morgan fingerprint density at radius 2 is 1.96 bits per heavy atom. The molecule has 0 saturated heterocycles. The Kier molecular flexibility index (Phi) is 5.96. The summed E-state index contributed by atoms with van der Waals surface area (Å²) in [5.74, 6) is 0.900. The standard InChI is InChI=1S/C20H25N5O/c1-15-8-9-19(23-12-15)22-11-5-10-21-16(2)13-25-14-24-18-7-4-3-6-17(18)20(25)26/h3-4,6-9,12,14,16,21H,5,10-11,13H2,1-2H3,(H,22,23). The summed E-state index contributed by atoms with van der Waals surface area (Å²) in [6.45, 7) is 6.43. The zero-order chi connectivity index (χ0) is 18.4. The van der Waals surface area contributed by atoms with Gasteiger partial charge in [0.1, 0.15) is 5.82 Å². The lowest BCUT2D eigenvalue weighted by molar-refractivity contribution is 0.466. The molecule has 0 spiro atoms. The summed E-state index contributed by atoms with van der Waals surface area (Å²) in [4.78, 5) is 21.2. The molecule has 3 aromatic rings. The normalized spacial score (nSPS) is 12.2. The van der Waals surface area contributed by atoms with Crippen molar-refractivity contribution < 1.29 is 0 Å². The third-order valence-corrected chi connectivity index (χ3v) is 4.27. The van der Waals surface area contributed by atoms with Crippen molar-refractivity contribution in [3.8, 4) is 0 Å². The van der Waals surface area contributed by atoms with E-state index in [1.807, 2.05) is 49.5 Å². The van der Waals surface area contributed by atoms with Crippen LogP contribution in [0.3, 0.4) is 0 Å². The summed E-state index contributed by atoms with van der Waals surface area (Å²) in [6.07, 6.45) is 4.47. The molecule has 0 fully saturated rings. The minimum Gasteiger partial charge on any atom is -0.370 e. The first-order valence-electron chi connectivity index (χ1n) is 8.97. The number of benzene rings is 1. The summed E-state index contributed by atoms with van der Waals surface area (Å²) in [5.41, 5.74) is 1.91. The van der Waals surface area contributed by atoms with E-state index in [2.05, 4.69) is 27.5 Å². The maximum Gasteiger partial charge on any atom is 0.261 e. The van der Waals surface area contributed by atoms with Crippen molar-refractivity contribution in [3.05, 3.63) is 64.8 Å². The lowest BCUT2D eigenvalue weighted by Gasteiger charge is -2.15. The smallest absolute Gasteiger partial charge is 0.261 e. The highest BCUT2D eigenvalue weighted by Gasteiger charge is 2.07. The molecule has 0 radical (unpaired) electrons. The van der Waals surface area contributed by atoms with Crippen LogP contribution in [-0.2, 0) is 6.54 Å². The molecule has 0 aliphatic rings. The highest BCUT2D eigenvalue weighted by atomic mass is 16.1. The van der Waals surface area contributed by atoms with E-state index in [1.165, 1.54) is 0 Å². The van der Waals surface area contributed by atoms with Gasteiger partial charge in [0.2, 0.25) is 0 Å². The van der Waals surface area contributed by atoms with E-state index in [4.69, 9.17) is 0 Å². The summed E-state index contributed by atoms with van der Waals surface area (Å²) in [6, 6.07) is 11.7. The number of aromatic nitrogens is 3. The fourth-order valence-electron chi connectivity index (χ4n) is 2.82. The Labute approximate surface area is 153 Å². The number of fused-ring (bicyclic) bond motifs is 1. The van der Waals surface area contributed by atoms with Crippen molar-refractivity contribution in [2.45, 2.75) is 32.9 Å². The van der Waals surface area contributed by atoms with Crippen LogP contribution >= 0.6 is 0 Å². The van der Waals surface area contributed by atoms with Gasteiger partial charge in [-0.05, 0) is 50.6 Å². The van der Waals surface area contributed by atoms with Gasteiger partial charge < -0.3 is 10.6 Å². The molecular weight excluding hydrogens is 326 g/mol. The molecule has 6 heteroatoms. The van der Waals surface area contributed by atoms with Crippen LogP contribution in [0.2, 0.25) is 0 Å². The predicted molar refractivity (Wildman–Crippen MR) is 106 cm³/mol.